The SMILES string of the molecule is CC(C)C(=O)COCCOCCCN[SH](S)S. The number of nitrogens with one attached hydrogen (secondary N) is 1. The van der Waals surface area contributed by atoms with Gasteiger partial charge in [0, 0.05) is 19.1 Å². The van der Waals surface area contributed by atoms with Crippen molar-refractivity contribution in [3.63, 3.8) is 0 Å². The molecule has 17 heavy (non-hydrogen) atoms. The van der Waals surface area contributed by atoms with Gasteiger partial charge in [0.05, 0.1) is 13.2 Å². The van der Waals surface area contributed by atoms with E-state index in [0.29, 0.717) is 19.8 Å². The molecule has 104 valence electrons. The summed E-state index contributed by atoms with van der Waals surface area (Å²) < 4.78 is 13.6. The van der Waals surface area contributed by atoms with Gasteiger partial charge in [0.15, 0.2) is 5.78 Å². The molecule has 0 radical (unpaired) electrons. The van der Waals surface area contributed by atoms with Crippen LogP contribution in [0.4, 0.5) is 0 Å². The van der Waals surface area contributed by atoms with Crippen LogP contribution in [0.15, 0.2) is 0 Å². The second kappa shape index (κ2) is 11.7. The van der Waals surface area contributed by atoms with Gasteiger partial charge in [0.2, 0.25) is 0 Å². The molecule has 0 spiro atoms. The zero-order valence-corrected chi connectivity index (χ0v) is 13.1. The van der Waals surface area contributed by atoms with Crippen LogP contribution in [0.25, 0.3) is 0 Å². The topological polar surface area (TPSA) is 47.6 Å². The van der Waals surface area contributed by atoms with Crippen LogP contribution in [0.2, 0.25) is 0 Å². The Hall–Kier alpha value is 0.600. The standard InChI is InChI=1S/C10H23NO3S3/c1-9(2)10(12)8-14-7-6-13-5-3-4-11-17(15)16/h9,11,15-17H,3-8H2,1-2H3. The van der Waals surface area contributed by atoms with E-state index in [0.717, 1.165) is 13.0 Å². The van der Waals surface area contributed by atoms with Crippen molar-refractivity contribution in [3.8, 4) is 0 Å². The first kappa shape index (κ1) is 17.6. The highest BCUT2D eigenvalue weighted by Crippen LogP contribution is 2.28. The molecule has 0 amide bonds. The normalized spacial score (nSPS) is 11.9. The molecule has 0 aliphatic carbocycles. The number of thiol groups is 3. The number of carbonyl (C=O) groups is 1. The molecule has 0 saturated heterocycles. The highest BCUT2D eigenvalue weighted by Gasteiger charge is 2.06. The van der Waals surface area contributed by atoms with Crippen molar-refractivity contribution in [1.29, 1.82) is 0 Å². The molecule has 0 aromatic rings. The molecule has 0 unspecified atom stereocenters. The maximum Gasteiger partial charge on any atom is 0.160 e. The average Bonchev–Trinajstić information content (AvgIpc) is 2.25. The lowest BCUT2D eigenvalue weighted by Crippen LogP contribution is -2.17. The van der Waals surface area contributed by atoms with Gasteiger partial charge in [-0.3, -0.25) is 9.52 Å². The van der Waals surface area contributed by atoms with E-state index in [2.05, 4.69) is 28.0 Å². The minimum atomic E-state index is -0.623. The Balaban J connectivity index is 3.11. The fraction of sp³-hybridized carbons (Fsp3) is 0.900. The molecule has 4 nitrogen and oxygen atoms in total. The molecule has 0 saturated carbocycles. The van der Waals surface area contributed by atoms with E-state index < -0.39 is 9.15 Å². The highest BCUT2D eigenvalue weighted by molar-refractivity contribution is 9.08. The summed E-state index contributed by atoms with van der Waals surface area (Å²) in [5.74, 6) is 0.171. The first-order valence-electron chi connectivity index (χ1n) is 5.63. The molecular formula is C10H23NO3S3. The summed E-state index contributed by atoms with van der Waals surface area (Å²) in [6.45, 7) is 6.45. The van der Waals surface area contributed by atoms with Gasteiger partial charge in [-0.15, -0.1) is 32.5 Å². The van der Waals surface area contributed by atoms with Crippen LogP contribution in [0.5, 0.6) is 0 Å². The largest absolute Gasteiger partial charge is 0.379 e. The van der Waals surface area contributed by atoms with Crippen LogP contribution in [0.1, 0.15) is 20.3 Å². The zero-order valence-electron chi connectivity index (χ0n) is 10.4. The van der Waals surface area contributed by atoms with Gasteiger partial charge in [0.25, 0.3) is 0 Å². The Labute approximate surface area is 116 Å². The molecule has 1 N–H and O–H groups in total. The smallest absolute Gasteiger partial charge is 0.160 e. The van der Waals surface area contributed by atoms with Crippen molar-refractivity contribution in [2.45, 2.75) is 20.3 Å². The Morgan fingerprint density at radius 2 is 1.88 bits per heavy atom. The van der Waals surface area contributed by atoms with E-state index in [9.17, 15) is 4.79 Å². The van der Waals surface area contributed by atoms with Gasteiger partial charge in [-0.05, 0) is 6.42 Å². The highest BCUT2D eigenvalue weighted by atomic mass is 33.5. The fourth-order valence-corrected chi connectivity index (χ4v) is 1.87. The lowest BCUT2D eigenvalue weighted by molar-refractivity contribution is -0.127. The summed E-state index contributed by atoms with van der Waals surface area (Å²) >= 11 is 8.26. The number of rotatable bonds is 11. The second-order valence-electron chi connectivity index (χ2n) is 3.84. The number of ketones is 1. The molecule has 0 rings (SSSR count). The molecule has 0 fully saturated rings. The Morgan fingerprint density at radius 3 is 2.47 bits per heavy atom. The third-order valence-electron chi connectivity index (χ3n) is 1.98. The van der Waals surface area contributed by atoms with Crippen molar-refractivity contribution < 1.29 is 14.3 Å². The number of carbonyl (C=O) groups excluding carboxylic acids is 1. The molecule has 0 aliphatic heterocycles. The molecule has 7 heteroatoms. The third kappa shape index (κ3) is 12.8. The van der Waals surface area contributed by atoms with Gasteiger partial charge >= 0.3 is 0 Å². The summed E-state index contributed by atoms with van der Waals surface area (Å²) in [6.07, 6.45) is 0.922. The van der Waals surface area contributed by atoms with E-state index in [1.54, 1.807) is 0 Å². The minimum Gasteiger partial charge on any atom is -0.379 e. The maximum atomic E-state index is 11.2. The number of ether oxygens (including phenoxy) is 2. The molecule has 0 aromatic heterocycles. The third-order valence-corrected chi connectivity index (χ3v) is 3.33. The van der Waals surface area contributed by atoms with E-state index >= 15 is 0 Å². The molecule has 0 bridgehead atoms. The Kier molecular flexibility index (Phi) is 12.1. The summed E-state index contributed by atoms with van der Waals surface area (Å²) in [7, 11) is -0.623. The van der Waals surface area contributed by atoms with Crippen molar-refractivity contribution in [3.05, 3.63) is 0 Å². The molecular weight excluding hydrogens is 278 g/mol. The Bertz CT molecular complexity index is 203. The van der Waals surface area contributed by atoms with Crippen molar-refractivity contribution >= 4 is 38.2 Å². The Morgan fingerprint density at radius 1 is 1.24 bits per heavy atom. The molecule has 0 atom stereocenters. The second-order valence-corrected chi connectivity index (χ2v) is 8.08. The van der Waals surface area contributed by atoms with Crippen LogP contribution in [-0.4, -0.2) is 38.8 Å². The van der Waals surface area contributed by atoms with Gasteiger partial charge < -0.3 is 9.47 Å². The van der Waals surface area contributed by atoms with E-state index in [4.69, 9.17) is 9.47 Å². The van der Waals surface area contributed by atoms with Crippen molar-refractivity contribution in [2.24, 2.45) is 5.92 Å². The van der Waals surface area contributed by atoms with Crippen LogP contribution in [0, 0.1) is 5.92 Å². The summed E-state index contributed by atoms with van der Waals surface area (Å²) in [4.78, 5) is 11.2. The predicted molar refractivity (Wildman–Crippen MR) is 81.1 cm³/mol. The fourth-order valence-electron chi connectivity index (χ4n) is 0.913. The van der Waals surface area contributed by atoms with E-state index in [1.165, 1.54) is 0 Å². The molecule has 0 aromatic carbocycles. The van der Waals surface area contributed by atoms with Crippen LogP contribution in [-0.2, 0) is 14.3 Å². The van der Waals surface area contributed by atoms with Crippen molar-refractivity contribution in [1.82, 2.24) is 4.72 Å². The van der Waals surface area contributed by atoms with Crippen LogP contribution >= 0.6 is 32.5 Å². The molecule has 0 aliphatic rings. The zero-order chi connectivity index (χ0) is 13.1. The van der Waals surface area contributed by atoms with Crippen LogP contribution < -0.4 is 4.72 Å². The number of Topliss-reactive ketones (excluding diaryl/α,β-unsaturated/α-hetero) is 1. The predicted octanol–water partition coefficient (Wildman–Crippen LogP) is 1.83. The van der Waals surface area contributed by atoms with Gasteiger partial charge in [-0.25, -0.2) is 0 Å². The average molecular weight is 301 g/mol. The first-order valence-corrected chi connectivity index (χ1v) is 9.28. The first-order chi connectivity index (χ1) is 8.04. The summed E-state index contributed by atoms with van der Waals surface area (Å²) in [5.41, 5.74) is 0. The van der Waals surface area contributed by atoms with E-state index in [-0.39, 0.29) is 18.3 Å². The number of hydrogen-bond acceptors (Lipinski definition) is 6. The van der Waals surface area contributed by atoms with Crippen molar-refractivity contribution in [2.75, 3.05) is 33.0 Å². The summed E-state index contributed by atoms with van der Waals surface area (Å²) in [6, 6.07) is 0. The summed E-state index contributed by atoms with van der Waals surface area (Å²) in [5, 5.41) is 0. The van der Waals surface area contributed by atoms with Gasteiger partial charge in [0.1, 0.15) is 6.61 Å². The number of hydrogen-bond donors (Lipinski definition) is 4. The quantitative estimate of drug-likeness (QED) is 0.267. The monoisotopic (exact) mass is 301 g/mol. The lowest BCUT2D eigenvalue weighted by Gasteiger charge is -2.10. The van der Waals surface area contributed by atoms with Gasteiger partial charge in [-0.1, -0.05) is 13.8 Å². The van der Waals surface area contributed by atoms with Crippen LogP contribution in [0.3, 0.4) is 0 Å². The minimum absolute atomic E-state index is 0.0411. The maximum absolute atomic E-state index is 11.2. The lowest BCUT2D eigenvalue weighted by atomic mass is 10.1. The van der Waals surface area contributed by atoms with Gasteiger partial charge in [-0.2, -0.15) is 0 Å². The molecule has 0 heterocycles. The van der Waals surface area contributed by atoms with E-state index in [1.807, 2.05) is 13.8 Å².